The molecule has 1 heterocycles. The van der Waals surface area contributed by atoms with Gasteiger partial charge < -0.3 is 10.2 Å². The normalized spacial score (nSPS) is 17.1. The van der Waals surface area contributed by atoms with Gasteiger partial charge in [-0.25, -0.2) is 4.99 Å². The predicted molar refractivity (Wildman–Crippen MR) is 63.0 cm³/mol. The molecule has 4 nitrogen and oxygen atoms in total. The van der Waals surface area contributed by atoms with Crippen LogP contribution in [-0.2, 0) is 4.79 Å². The van der Waals surface area contributed by atoms with E-state index in [1.54, 1.807) is 18.2 Å². The third-order valence-corrected chi connectivity index (χ3v) is 2.97. The molecular weight excluding hydrogens is 242 g/mol. The van der Waals surface area contributed by atoms with E-state index in [-0.39, 0.29) is 18.9 Å². The Morgan fingerprint density at radius 1 is 1.41 bits per heavy atom. The molecule has 0 saturated carbocycles. The minimum Gasteiger partial charge on any atom is -0.393 e. The third-order valence-electron chi connectivity index (χ3n) is 2.73. The highest BCUT2D eigenvalue weighted by molar-refractivity contribution is 6.30. The zero-order valence-corrected chi connectivity index (χ0v) is 9.81. The zero-order chi connectivity index (χ0) is 12.4. The van der Waals surface area contributed by atoms with Gasteiger partial charge in [-0.15, -0.1) is 0 Å². The van der Waals surface area contributed by atoms with E-state index in [0.717, 1.165) is 0 Å². The van der Waals surface area contributed by atoms with Gasteiger partial charge in [-0.05, 0) is 30.2 Å². The summed E-state index contributed by atoms with van der Waals surface area (Å²) in [6.07, 6.45) is -0.357. The molecule has 0 fully saturated rings. The summed E-state index contributed by atoms with van der Waals surface area (Å²) < 4.78 is 0. The average Bonchev–Trinajstić information content (AvgIpc) is 2.47. The lowest BCUT2D eigenvalue weighted by atomic mass is 10.0. The van der Waals surface area contributed by atoms with Crippen LogP contribution >= 0.6 is 11.6 Å². The van der Waals surface area contributed by atoms with E-state index < -0.39 is 6.10 Å². The van der Waals surface area contributed by atoms with Crippen molar-refractivity contribution in [2.75, 3.05) is 6.61 Å². The largest absolute Gasteiger partial charge is 0.393 e. The lowest BCUT2D eigenvalue weighted by Gasteiger charge is -2.10. The fourth-order valence-corrected chi connectivity index (χ4v) is 2.06. The Morgan fingerprint density at radius 3 is 2.88 bits per heavy atom. The summed E-state index contributed by atoms with van der Waals surface area (Å²) in [6.45, 7) is -0.379. The SMILES string of the molecule is O=C1CCC(C(O)CO)=c2cc(Cl)ccc2=N1. The molecule has 90 valence electrons. The lowest BCUT2D eigenvalue weighted by molar-refractivity contribution is -0.117. The van der Waals surface area contributed by atoms with Gasteiger partial charge in [0.1, 0.15) is 0 Å². The Bertz CT molecular complexity index is 568. The summed E-state index contributed by atoms with van der Waals surface area (Å²) in [5, 5.41) is 20.4. The number of amides is 1. The molecule has 1 amide bonds. The van der Waals surface area contributed by atoms with Crippen LogP contribution in [0.5, 0.6) is 0 Å². The maximum Gasteiger partial charge on any atom is 0.246 e. The Hall–Kier alpha value is -1.23. The smallest absolute Gasteiger partial charge is 0.246 e. The van der Waals surface area contributed by atoms with Crippen molar-refractivity contribution in [1.82, 2.24) is 0 Å². The van der Waals surface area contributed by atoms with Gasteiger partial charge in [0.2, 0.25) is 5.91 Å². The van der Waals surface area contributed by atoms with Crippen molar-refractivity contribution < 1.29 is 15.0 Å². The molecule has 1 aliphatic heterocycles. The van der Waals surface area contributed by atoms with E-state index in [4.69, 9.17) is 16.7 Å². The number of rotatable bonds is 2. The molecule has 1 aliphatic rings. The summed E-state index contributed by atoms with van der Waals surface area (Å²) in [5.74, 6) is -0.228. The molecule has 5 heteroatoms. The molecule has 2 rings (SSSR count). The van der Waals surface area contributed by atoms with Crippen LogP contribution in [0.1, 0.15) is 12.8 Å². The molecule has 1 aromatic carbocycles. The maximum absolute atomic E-state index is 11.4. The maximum atomic E-state index is 11.4. The second kappa shape index (κ2) is 4.96. The van der Waals surface area contributed by atoms with Crippen molar-refractivity contribution in [2.45, 2.75) is 18.9 Å². The van der Waals surface area contributed by atoms with E-state index in [1.165, 1.54) is 0 Å². The van der Waals surface area contributed by atoms with Gasteiger partial charge in [0, 0.05) is 16.7 Å². The minimum atomic E-state index is -0.978. The topological polar surface area (TPSA) is 69.9 Å². The molecule has 0 aromatic heterocycles. The Balaban J connectivity index is 2.77. The molecule has 0 bridgehead atoms. The van der Waals surface area contributed by atoms with Crippen molar-refractivity contribution in [2.24, 2.45) is 4.99 Å². The number of fused-ring (bicyclic) bond motifs is 1. The average molecular weight is 254 g/mol. The predicted octanol–water partition coefficient (Wildman–Crippen LogP) is -0.216. The first-order chi connectivity index (χ1) is 8.11. The second-order valence-corrected chi connectivity index (χ2v) is 4.33. The Labute approximate surface area is 103 Å². The first kappa shape index (κ1) is 12.2. The van der Waals surface area contributed by atoms with E-state index >= 15 is 0 Å². The lowest BCUT2D eigenvalue weighted by Crippen LogP contribution is -2.31. The summed E-state index contributed by atoms with van der Waals surface area (Å²) >= 11 is 5.90. The molecule has 0 saturated heterocycles. The molecular formula is C12H12ClNO3. The van der Waals surface area contributed by atoms with E-state index in [9.17, 15) is 9.90 Å². The summed E-state index contributed by atoms with van der Waals surface area (Å²) in [5.41, 5.74) is 0.611. The monoisotopic (exact) mass is 253 g/mol. The first-order valence-corrected chi connectivity index (χ1v) is 5.68. The zero-order valence-electron chi connectivity index (χ0n) is 9.06. The summed E-state index contributed by atoms with van der Waals surface area (Å²) in [6, 6.07) is 4.95. The molecule has 0 aliphatic carbocycles. The van der Waals surface area contributed by atoms with E-state index in [1.807, 2.05) is 0 Å². The minimum absolute atomic E-state index is 0.228. The van der Waals surface area contributed by atoms with Crippen molar-refractivity contribution in [3.63, 3.8) is 0 Å². The van der Waals surface area contributed by atoms with Crippen molar-refractivity contribution in [3.05, 3.63) is 33.8 Å². The number of nitrogens with zero attached hydrogens (tertiary/aromatic N) is 1. The highest BCUT2D eigenvalue weighted by Crippen LogP contribution is 2.13. The molecule has 1 atom stereocenters. The quantitative estimate of drug-likeness (QED) is 0.766. The number of benzene rings is 1. The third kappa shape index (κ3) is 2.54. The number of hydrogen-bond acceptors (Lipinski definition) is 3. The van der Waals surface area contributed by atoms with Crippen molar-refractivity contribution in [3.8, 4) is 0 Å². The van der Waals surface area contributed by atoms with Crippen LogP contribution in [0.2, 0.25) is 5.02 Å². The van der Waals surface area contributed by atoms with Crippen molar-refractivity contribution >= 4 is 23.1 Å². The van der Waals surface area contributed by atoms with Crippen LogP contribution in [0.15, 0.2) is 23.2 Å². The molecule has 1 unspecified atom stereocenters. The number of aliphatic hydroxyl groups is 2. The Kier molecular flexibility index (Phi) is 3.57. The van der Waals surface area contributed by atoms with Gasteiger partial charge in [0.25, 0.3) is 0 Å². The second-order valence-electron chi connectivity index (χ2n) is 3.89. The molecule has 0 radical (unpaired) electrons. The first-order valence-electron chi connectivity index (χ1n) is 5.31. The number of halogens is 1. The standard InChI is InChI=1S/C12H12ClNO3/c13-7-1-3-10-9(5-7)8(11(16)6-15)2-4-12(17)14-10/h1,3,5,11,15-16H,2,4,6H2. The van der Waals surface area contributed by atoms with Crippen LogP contribution in [-0.4, -0.2) is 28.8 Å². The highest BCUT2D eigenvalue weighted by atomic mass is 35.5. The summed E-state index contributed by atoms with van der Waals surface area (Å²) in [4.78, 5) is 15.4. The fraction of sp³-hybridized carbons (Fsp3) is 0.333. The molecule has 2 N–H and O–H groups in total. The van der Waals surface area contributed by atoms with Crippen molar-refractivity contribution in [1.29, 1.82) is 0 Å². The molecule has 1 aromatic rings. The number of hydrogen-bond donors (Lipinski definition) is 2. The van der Waals surface area contributed by atoms with Crippen LogP contribution in [0.4, 0.5) is 0 Å². The summed E-state index contributed by atoms with van der Waals surface area (Å²) in [7, 11) is 0. The van der Waals surface area contributed by atoms with Gasteiger partial charge >= 0.3 is 0 Å². The molecule has 0 spiro atoms. The van der Waals surface area contributed by atoms with Crippen LogP contribution in [0.25, 0.3) is 5.57 Å². The van der Waals surface area contributed by atoms with Crippen LogP contribution in [0, 0.1) is 0 Å². The highest BCUT2D eigenvalue weighted by Gasteiger charge is 2.16. The van der Waals surface area contributed by atoms with Crippen LogP contribution in [0.3, 0.4) is 0 Å². The van der Waals surface area contributed by atoms with Gasteiger partial charge in [0.05, 0.1) is 18.1 Å². The molecule has 17 heavy (non-hydrogen) atoms. The van der Waals surface area contributed by atoms with Gasteiger partial charge in [-0.1, -0.05) is 11.6 Å². The number of carbonyl (C=O) groups is 1. The van der Waals surface area contributed by atoms with E-state index in [2.05, 4.69) is 4.99 Å². The Morgan fingerprint density at radius 2 is 2.18 bits per heavy atom. The van der Waals surface area contributed by atoms with Gasteiger partial charge in [-0.2, -0.15) is 0 Å². The van der Waals surface area contributed by atoms with E-state index in [0.29, 0.717) is 27.6 Å². The fourth-order valence-electron chi connectivity index (χ4n) is 1.89. The van der Waals surface area contributed by atoms with Gasteiger partial charge in [0.15, 0.2) is 0 Å². The number of aliphatic hydroxyl groups excluding tert-OH is 2. The number of carbonyl (C=O) groups excluding carboxylic acids is 1. The van der Waals surface area contributed by atoms with Crippen LogP contribution < -0.4 is 10.6 Å². The van der Waals surface area contributed by atoms with Gasteiger partial charge in [-0.3, -0.25) is 4.79 Å².